The summed E-state index contributed by atoms with van der Waals surface area (Å²) in [6.07, 6.45) is 2.60. The highest BCUT2D eigenvalue weighted by Crippen LogP contribution is 2.31. The molecule has 1 aromatic carbocycles. The van der Waals surface area contributed by atoms with Gasteiger partial charge in [-0.3, -0.25) is 4.79 Å². The minimum absolute atomic E-state index is 0.0978. The highest BCUT2D eigenvalue weighted by molar-refractivity contribution is 7.13. The predicted molar refractivity (Wildman–Crippen MR) is 80.6 cm³/mol. The van der Waals surface area contributed by atoms with Gasteiger partial charge in [-0.15, -0.1) is 11.3 Å². The number of ketones is 1. The zero-order valence-electron chi connectivity index (χ0n) is 11.4. The molecule has 0 fully saturated rings. The number of aromatic nitrogens is 1. The van der Waals surface area contributed by atoms with Crippen molar-refractivity contribution in [1.29, 1.82) is 0 Å². The van der Waals surface area contributed by atoms with E-state index in [0.29, 0.717) is 28.6 Å². The van der Waals surface area contributed by atoms with Crippen LogP contribution < -0.4 is 10.1 Å². The number of hydrogen-bond acceptors (Lipinski definition) is 6. The predicted octanol–water partition coefficient (Wildman–Crippen LogP) is 3.08. The van der Waals surface area contributed by atoms with Crippen molar-refractivity contribution in [3.05, 3.63) is 53.2 Å². The number of hydrogen-bond donors (Lipinski definition) is 1. The van der Waals surface area contributed by atoms with Gasteiger partial charge in [-0.2, -0.15) is 0 Å². The third kappa shape index (κ3) is 2.81. The molecule has 0 saturated carbocycles. The zero-order valence-corrected chi connectivity index (χ0v) is 12.2. The number of nitrogens with zero attached hydrogens (tertiary/aromatic N) is 1. The number of Topliss-reactive ketones (excluding diaryl/α,β-unsaturated/α-hetero) is 1. The molecule has 0 bridgehead atoms. The van der Waals surface area contributed by atoms with Crippen molar-refractivity contribution in [2.24, 2.45) is 0 Å². The van der Waals surface area contributed by atoms with Crippen LogP contribution in [0.1, 0.15) is 17.3 Å². The van der Waals surface area contributed by atoms with Crippen LogP contribution in [0.2, 0.25) is 0 Å². The molecule has 2 heterocycles. The van der Waals surface area contributed by atoms with E-state index in [4.69, 9.17) is 9.47 Å². The minimum Gasteiger partial charge on any atom is -0.460 e. The number of fused-ring (bicyclic) bond motifs is 1. The summed E-state index contributed by atoms with van der Waals surface area (Å²) in [6, 6.07) is 7.16. The minimum atomic E-state index is -0.704. The smallest absolute Gasteiger partial charge is 0.232 e. The Balaban J connectivity index is 1.92. The van der Waals surface area contributed by atoms with Gasteiger partial charge in [0.25, 0.3) is 0 Å². The van der Waals surface area contributed by atoms with Crippen molar-refractivity contribution >= 4 is 22.3 Å². The number of ether oxygens (including phenoxy) is 2. The van der Waals surface area contributed by atoms with Crippen molar-refractivity contribution in [1.82, 2.24) is 4.98 Å². The van der Waals surface area contributed by atoms with Crippen LogP contribution >= 0.6 is 11.3 Å². The SMILES string of the molecule is CCOC1Oc2ccccc2C(=O)/C1=C\Nc1nccs1. The molecule has 2 aromatic rings. The summed E-state index contributed by atoms with van der Waals surface area (Å²) in [5.41, 5.74) is 0.978. The molecular formula is C15H14N2O3S. The lowest BCUT2D eigenvalue weighted by Crippen LogP contribution is -2.33. The van der Waals surface area contributed by atoms with Gasteiger partial charge in [-0.1, -0.05) is 12.1 Å². The van der Waals surface area contributed by atoms with E-state index in [1.165, 1.54) is 11.3 Å². The van der Waals surface area contributed by atoms with Crippen LogP contribution in [0, 0.1) is 0 Å². The number of carbonyl (C=O) groups is 1. The molecule has 5 nitrogen and oxygen atoms in total. The Labute approximate surface area is 126 Å². The van der Waals surface area contributed by atoms with Gasteiger partial charge in [0, 0.05) is 24.4 Å². The Morgan fingerprint density at radius 2 is 2.33 bits per heavy atom. The summed E-state index contributed by atoms with van der Waals surface area (Å²) in [7, 11) is 0. The van der Waals surface area contributed by atoms with Gasteiger partial charge >= 0.3 is 0 Å². The van der Waals surface area contributed by atoms with E-state index in [2.05, 4.69) is 10.3 Å². The van der Waals surface area contributed by atoms with Gasteiger partial charge < -0.3 is 14.8 Å². The van der Waals surface area contributed by atoms with Crippen LogP contribution in [0.3, 0.4) is 0 Å². The summed E-state index contributed by atoms with van der Waals surface area (Å²) < 4.78 is 11.3. The summed E-state index contributed by atoms with van der Waals surface area (Å²) in [5.74, 6) is 0.451. The van der Waals surface area contributed by atoms with Gasteiger partial charge in [0.1, 0.15) is 5.75 Å². The molecule has 1 atom stereocenters. The van der Waals surface area contributed by atoms with E-state index in [1.807, 2.05) is 24.4 Å². The Hall–Kier alpha value is -2.18. The van der Waals surface area contributed by atoms with Crippen molar-refractivity contribution in [3.63, 3.8) is 0 Å². The van der Waals surface area contributed by atoms with Gasteiger partial charge in [-0.25, -0.2) is 4.98 Å². The van der Waals surface area contributed by atoms with Crippen molar-refractivity contribution < 1.29 is 14.3 Å². The lowest BCUT2D eigenvalue weighted by molar-refractivity contribution is -0.0509. The molecule has 1 aromatic heterocycles. The summed E-state index contributed by atoms with van der Waals surface area (Å²) >= 11 is 1.45. The second kappa shape index (κ2) is 6.07. The molecule has 108 valence electrons. The van der Waals surface area contributed by atoms with E-state index < -0.39 is 6.29 Å². The number of para-hydroxylation sites is 1. The van der Waals surface area contributed by atoms with Crippen molar-refractivity contribution in [2.75, 3.05) is 11.9 Å². The van der Waals surface area contributed by atoms with Crippen LogP contribution in [-0.2, 0) is 4.74 Å². The van der Waals surface area contributed by atoms with Gasteiger partial charge in [0.05, 0.1) is 11.1 Å². The number of rotatable bonds is 4. The second-order valence-corrected chi connectivity index (χ2v) is 5.21. The first-order valence-electron chi connectivity index (χ1n) is 6.57. The zero-order chi connectivity index (χ0) is 14.7. The molecule has 0 saturated heterocycles. The molecule has 1 aliphatic heterocycles. The summed E-state index contributed by atoms with van der Waals surface area (Å²) in [4.78, 5) is 16.7. The normalized spacial score (nSPS) is 19.2. The van der Waals surface area contributed by atoms with E-state index in [1.54, 1.807) is 24.5 Å². The molecule has 3 rings (SSSR count). The fourth-order valence-corrected chi connectivity index (χ4v) is 2.54. The monoisotopic (exact) mass is 302 g/mol. The average molecular weight is 302 g/mol. The molecule has 1 unspecified atom stereocenters. The van der Waals surface area contributed by atoms with Crippen LogP contribution in [0.15, 0.2) is 47.6 Å². The third-order valence-electron chi connectivity index (χ3n) is 2.98. The van der Waals surface area contributed by atoms with Crippen LogP contribution in [-0.4, -0.2) is 23.7 Å². The molecular weight excluding hydrogens is 288 g/mol. The maximum atomic E-state index is 12.6. The van der Waals surface area contributed by atoms with Gasteiger partial charge in [-0.05, 0) is 19.1 Å². The summed E-state index contributed by atoms with van der Waals surface area (Å²) in [6.45, 7) is 2.31. The number of thiazole rings is 1. The lowest BCUT2D eigenvalue weighted by Gasteiger charge is -2.27. The van der Waals surface area contributed by atoms with Crippen molar-refractivity contribution in [2.45, 2.75) is 13.2 Å². The number of benzene rings is 1. The van der Waals surface area contributed by atoms with E-state index in [-0.39, 0.29) is 5.78 Å². The highest BCUT2D eigenvalue weighted by atomic mass is 32.1. The molecule has 0 radical (unpaired) electrons. The fraction of sp³-hybridized carbons (Fsp3) is 0.200. The van der Waals surface area contributed by atoms with E-state index >= 15 is 0 Å². The van der Waals surface area contributed by atoms with E-state index in [9.17, 15) is 4.79 Å². The maximum Gasteiger partial charge on any atom is 0.232 e. The number of nitrogens with one attached hydrogen (secondary N) is 1. The molecule has 21 heavy (non-hydrogen) atoms. The molecule has 6 heteroatoms. The Bertz CT molecular complexity index is 667. The average Bonchev–Trinajstić information content (AvgIpc) is 3.01. The standard InChI is InChI=1S/C15H14N2O3S/c1-2-19-14-11(9-17-15-16-7-8-21-15)13(18)10-5-3-4-6-12(10)20-14/h3-9,14H,2H2,1H3,(H,16,17)/b11-9+. The van der Waals surface area contributed by atoms with Gasteiger partial charge in [0.15, 0.2) is 10.9 Å². The third-order valence-corrected chi connectivity index (χ3v) is 3.69. The van der Waals surface area contributed by atoms with Crippen molar-refractivity contribution in [3.8, 4) is 5.75 Å². The first kappa shape index (κ1) is 13.8. The number of anilines is 1. The largest absolute Gasteiger partial charge is 0.460 e. The molecule has 0 spiro atoms. The maximum absolute atomic E-state index is 12.6. The lowest BCUT2D eigenvalue weighted by atomic mass is 10.00. The topological polar surface area (TPSA) is 60.5 Å². The Kier molecular flexibility index (Phi) is 3.98. The Morgan fingerprint density at radius 3 is 3.10 bits per heavy atom. The Morgan fingerprint density at radius 1 is 1.48 bits per heavy atom. The van der Waals surface area contributed by atoms with Crippen LogP contribution in [0.25, 0.3) is 0 Å². The van der Waals surface area contributed by atoms with Crippen LogP contribution in [0.5, 0.6) is 5.75 Å². The first-order chi connectivity index (χ1) is 10.3. The molecule has 0 amide bonds. The highest BCUT2D eigenvalue weighted by Gasteiger charge is 2.32. The molecule has 0 aliphatic carbocycles. The molecule has 1 aliphatic rings. The number of carbonyl (C=O) groups excluding carboxylic acids is 1. The summed E-state index contributed by atoms with van der Waals surface area (Å²) in [5, 5.41) is 5.58. The van der Waals surface area contributed by atoms with Crippen LogP contribution in [0.4, 0.5) is 5.13 Å². The quantitative estimate of drug-likeness (QED) is 0.880. The van der Waals surface area contributed by atoms with Gasteiger partial charge in [0.2, 0.25) is 6.29 Å². The van der Waals surface area contributed by atoms with E-state index in [0.717, 1.165) is 0 Å². The first-order valence-corrected chi connectivity index (χ1v) is 7.45. The second-order valence-electron chi connectivity index (χ2n) is 4.31. The fourth-order valence-electron chi connectivity index (χ4n) is 2.04. The molecule has 1 N–H and O–H groups in total.